The van der Waals surface area contributed by atoms with Gasteiger partial charge in [-0.25, -0.2) is 0 Å². The lowest BCUT2D eigenvalue weighted by atomic mass is 9.44. The fourth-order valence-electron chi connectivity index (χ4n) is 8.43. The smallest absolute Gasteiger partial charge is 0.303 e. The molecule has 4 aliphatic carbocycles. The largest absolute Gasteiger partial charge is 0.481 e. The predicted molar refractivity (Wildman–Crippen MR) is 107 cm³/mol. The minimum absolute atomic E-state index is 0.0718. The lowest BCUT2D eigenvalue weighted by Crippen LogP contribution is -2.54. The first-order chi connectivity index (χ1) is 13.8. The van der Waals surface area contributed by atoms with Crippen molar-refractivity contribution in [3.8, 4) is 0 Å². The molecule has 0 saturated heterocycles. The second-order valence-electron chi connectivity index (χ2n) is 10.8. The molecule has 4 fully saturated rings. The lowest BCUT2D eigenvalue weighted by Gasteiger charge is -2.61. The topological polar surface area (TPSA) is 57.5 Å². The molecule has 27 heavy (non-hydrogen) atoms. The Morgan fingerprint density at radius 1 is 1.11 bits per heavy atom. The Morgan fingerprint density at radius 3 is 2.56 bits per heavy atom. The van der Waals surface area contributed by atoms with Crippen LogP contribution in [0.5, 0.6) is 0 Å². The minimum atomic E-state index is -2.15. The first-order valence-corrected chi connectivity index (χ1v) is 11.3. The zero-order valence-electron chi connectivity index (χ0n) is 20.3. The van der Waals surface area contributed by atoms with E-state index in [0.717, 1.165) is 25.7 Å². The Bertz CT molecular complexity index is 695. The summed E-state index contributed by atoms with van der Waals surface area (Å²) in [6, 6.07) is 0. The van der Waals surface area contributed by atoms with Gasteiger partial charge in [0.2, 0.25) is 0 Å². The molecule has 0 aromatic heterocycles. The van der Waals surface area contributed by atoms with Crippen LogP contribution >= 0.6 is 0 Å². The fraction of sp³-hybridized carbons (Fsp3) is 0.958. The van der Waals surface area contributed by atoms with Crippen LogP contribution in [0.15, 0.2) is 0 Å². The third-order valence-electron chi connectivity index (χ3n) is 9.84. The van der Waals surface area contributed by atoms with Crippen LogP contribution in [-0.2, 0) is 4.79 Å². The van der Waals surface area contributed by atoms with Crippen LogP contribution in [0.1, 0.15) is 95.5 Å². The van der Waals surface area contributed by atoms with Gasteiger partial charge in [0, 0.05) is 9.11 Å². The van der Waals surface area contributed by atoms with Gasteiger partial charge in [-0.2, -0.15) is 0 Å². The van der Waals surface area contributed by atoms with Crippen LogP contribution in [0.2, 0.25) is 0 Å². The van der Waals surface area contributed by atoms with Crippen molar-refractivity contribution in [2.45, 2.75) is 97.4 Å². The van der Waals surface area contributed by atoms with Gasteiger partial charge in [0.1, 0.15) is 0 Å². The number of hydrogen-bond donors (Lipinski definition) is 2. The quantitative estimate of drug-likeness (QED) is 0.677. The third-order valence-corrected chi connectivity index (χ3v) is 9.84. The second-order valence-corrected chi connectivity index (χ2v) is 10.8. The highest BCUT2D eigenvalue weighted by Gasteiger charge is 2.60. The van der Waals surface area contributed by atoms with Crippen molar-refractivity contribution >= 4 is 5.97 Å². The van der Waals surface area contributed by atoms with Crippen molar-refractivity contribution in [1.29, 1.82) is 0 Å². The van der Waals surface area contributed by atoms with Crippen LogP contribution in [0, 0.1) is 46.3 Å². The van der Waals surface area contributed by atoms with E-state index in [1.807, 2.05) is 0 Å². The molecule has 0 aromatic carbocycles. The Balaban J connectivity index is 1.52. The molecule has 0 aromatic rings. The normalized spacial score (nSPS) is 55.3. The molecule has 9 atom stereocenters. The van der Waals surface area contributed by atoms with Gasteiger partial charge in [-0.05, 0) is 111 Å². The highest BCUT2D eigenvalue weighted by atomic mass is 16.4. The highest BCUT2D eigenvalue weighted by Crippen LogP contribution is 2.68. The molecule has 4 saturated carbocycles. The number of carboxylic acid groups (broad SMARTS) is 1. The van der Waals surface area contributed by atoms with Crippen molar-refractivity contribution in [1.82, 2.24) is 0 Å². The van der Waals surface area contributed by atoms with Gasteiger partial charge in [-0.15, -0.1) is 0 Å². The number of aliphatic carboxylic acids is 1. The minimum Gasteiger partial charge on any atom is -0.481 e. The Kier molecular flexibility index (Phi) is 4.24. The van der Waals surface area contributed by atoms with Crippen LogP contribution in [-0.4, -0.2) is 22.3 Å². The zero-order chi connectivity index (χ0) is 22.1. The van der Waals surface area contributed by atoms with Gasteiger partial charge >= 0.3 is 5.97 Å². The van der Waals surface area contributed by atoms with Gasteiger partial charge < -0.3 is 10.2 Å². The summed E-state index contributed by atoms with van der Waals surface area (Å²) in [5, 5.41) is 19.6. The molecular formula is C24H40O3. The molecule has 4 aliphatic rings. The summed E-state index contributed by atoms with van der Waals surface area (Å²) < 4.78 is 24.0. The average Bonchev–Trinajstić information content (AvgIpc) is 2.99. The van der Waals surface area contributed by atoms with Gasteiger partial charge in [-0.1, -0.05) is 20.8 Å². The summed E-state index contributed by atoms with van der Waals surface area (Å²) in [5.74, 6) is 1.60. The fourth-order valence-corrected chi connectivity index (χ4v) is 8.43. The summed E-state index contributed by atoms with van der Waals surface area (Å²) in [6.45, 7) is 6.92. The number of fused-ring (bicyclic) bond motifs is 5. The van der Waals surface area contributed by atoms with E-state index in [4.69, 9.17) is 4.11 Å². The lowest BCUT2D eigenvalue weighted by molar-refractivity contribution is -0.138. The first-order valence-electron chi connectivity index (χ1n) is 12.8. The van der Waals surface area contributed by atoms with E-state index in [0.29, 0.717) is 42.4 Å². The standard InChI is InChI=1S/C24H40O3/c1-15(4-9-22(26)27)19-7-8-20-18-6-5-16-14-17(25)10-12-23(16,2)21(18)11-13-24(19,20)3/h15-21,25H,4-14H2,1-3H3,(H,26,27)/t15-,16-,17+,18+,19-,20+,21+,23+,24-/m1/s1/i9D2,17D. The van der Waals surface area contributed by atoms with E-state index >= 15 is 0 Å². The average molecular weight is 380 g/mol. The molecule has 0 spiro atoms. The molecule has 3 heteroatoms. The first kappa shape index (κ1) is 16.3. The maximum atomic E-state index is 11.3. The molecule has 0 unspecified atom stereocenters. The summed E-state index contributed by atoms with van der Waals surface area (Å²) in [5.41, 5.74) is 0.422. The molecule has 0 aliphatic heterocycles. The maximum absolute atomic E-state index is 11.3. The second kappa shape index (κ2) is 7.04. The van der Waals surface area contributed by atoms with Gasteiger partial charge in [-0.3, -0.25) is 4.79 Å². The monoisotopic (exact) mass is 379 g/mol. The van der Waals surface area contributed by atoms with E-state index in [1.165, 1.54) is 19.3 Å². The van der Waals surface area contributed by atoms with Gasteiger partial charge in [0.25, 0.3) is 0 Å². The molecule has 2 N–H and O–H groups in total. The number of aliphatic hydroxyl groups is 1. The van der Waals surface area contributed by atoms with Crippen LogP contribution in [0.25, 0.3) is 0 Å². The molecule has 3 nitrogen and oxygen atoms in total. The number of carbonyl (C=O) groups is 1. The van der Waals surface area contributed by atoms with Crippen molar-refractivity contribution in [3.63, 3.8) is 0 Å². The zero-order valence-corrected chi connectivity index (χ0v) is 17.3. The van der Waals surface area contributed by atoms with Crippen molar-refractivity contribution in [3.05, 3.63) is 0 Å². The van der Waals surface area contributed by atoms with Crippen molar-refractivity contribution < 1.29 is 19.1 Å². The van der Waals surface area contributed by atoms with Crippen LogP contribution < -0.4 is 0 Å². The highest BCUT2D eigenvalue weighted by molar-refractivity contribution is 5.66. The molecule has 154 valence electrons. The number of hydrogen-bond acceptors (Lipinski definition) is 2. The van der Waals surface area contributed by atoms with E-state index in [-0.39, 0.29) is 23.2 Å². The molecule has 0 radical (unpaired) electrons. The van der Waals surface area contributed by atoms with E-state index in [1.54, 1.807) is 0 Å². The molecule has 0 amide bonds. The van der Waals surface area contributed by atoms with Crippen LogP contribution in [0.3, 0.4) is 0 Å². The Morgan fingerprint density at radius 2 is 1.81 bits per heavy atom. The summed E-state index contributed by atoms with van der Waals surface area (Å²) in [4.78, 5) is 11.3. The van der Waals surface area contributed by atoms with E-state index in [9.17, 15) is 15.0 Å². The predicted octanol–water partition coefficient (Wildman–Crippen LogP) is 5.51. The van der Waals surface area contributed by atoms with E-state index < -0.39 is 18.4 Å². The SMILES string of the molecule is [2H]C([2H])(C[C@@H](C)[C@H]1CC[C@H]2[C@@H]3CC[C@@H]4C[C@@]([2H])(O)CC[C@]4(C)[C@H]3CC[C@]12C)C(=O)O. The van der Waals surface area contributed by atoms with Crippen LogP contribution in [0.4, 0.5) is 0 Å². The molecule has 0 bridgehead atoms. The molecular weight excluding hydrogens is 336 g/mol. The molecule has 0 heterocycles. The van der Waals surface area contributed by atoms with Gasteiger partial charge in [0.15, 0.2) is 0 Å². The summed E-state index contributed by atoms with van der Waals surface area (Å²) in [7, 11) is 0. The van der Waals surface area contributed by atoms with Crippen molar-refractivity contribution in [2.24, 2.45) is 46.3 Å². The van der Waals surface area contributed by atoms with E-state index in [2.05, 4.69) is 20.8 Å². The summed E-state index contributed by atoms with van der Waals surface area (Å²) in [6.07, 6.45) is 5.82. The number of carboxylic acids is 1. The van der Waals surface area contributed by atoms with Gasteiger partial charge in [0.05, 0.1) is 7.45 Å². The van der Waals surface area contributed by atoms with Crippen molar-refractivity contribution in [2.75, 3.05) is 0 Å². The number of rotatable bonds is 4. The maximum Gasteiger partial charge on any atom is 0.303 e. The Labute approximate surface area is 169 Å². The molecule has 4 rings (SSSR count). The third kappa shape index (κ3) is 3.16. The Hall–Kier alpha value is -0.570. The summed E-state index contributed by atoms with van der Waals surface area (Å²) >= 11 is 0.